The van der Waals surface area contributed by atoms with Crippen LogP contribution >= 0.6 is 0 Å². The van der Waals surface area contributed by atoms with Crippen LogP contribution in [0.5, 0.6) is 5.75 Å². The fourth-order valence-corrected chi connectivity index (χ4v) is 4.79. The highest BCUT2D eigenvalue weighted by Gasteiger charge is 2.52. The molecule has 2 heterocycles. The van der Waals surface area contributed by atoms with Crippen LogP contribution in [0.1, 0.15) is 30.7 Å². The largest absolute Gasteiger partial charge is 0.439 e. The molecule has 2 aromatic rings. The third-order valence-corrected chi connectivity index (χ3v) is 5.87. The van der Waals surface area contributed by atoms with Gasteiger partial charge in [-0.05, 0) is 37.3 Å². The van der Waals surface area contributed by atoms with Crippen LogP contribution in [0.4, 0.5) is 0 Å². The van der Waals surface area contributed by atoms with E-state index in [1.54, 1.807) is 12.1 Å². The lowest BCUT2D eigenvalue weighted by Gasteiger charge is -2.36. The van der Waals surface area contributed by atoms with E-state index < -0.39 is 11.5 Å². The summed E-state index contributed by atoms with van der Waals surface area (Å²) in [7, 11) is 0. The number of benzene rings is 1. The number of nitrogens with two attached hydrogens (primary N) is 1. The molecule has 1 aromatic carbocycles. The van der Waals surface area contributed by atoms with E-state index >= 15 is 0 Å². The van der Waals surface area contributed by atoms with Gasteiger partial charge in [0.1, 0.15) is 11.7 Å². The van der Waals surface area contributed by atoms with E-state index in [1.165, 1.54) is 0 Å². The van der Waals surface area contributed by atoms with Gasteiger partial charge in [0.2, 0.25) is 5.88 Å². The first kappa shape index (κ1) is 14.4. The Labute approximate surface area is 144 Å². The molecule has 1 aliphatic heterocycles. The predicted octanol–water partition coefficient (Wildman–Crippen LogP) is 3.32. The van der Waals surface area contributed by atoms with Crippen LogP contribution in [0.15, 0.2) is 57.1 Å². The molecule has 1 aromatic heterocycles. The molecule has 0 amide bonds. The van der Waals surface area contributed by atoms with Crippen molar-refractivity contribution in [3.8, 4) is 11.8 Å². The standard InChI is InChI=1S/C20H16N2O3/c21-10-13-16(20-7-5-11(9-20)6-8-20)15-17(25-18(13)22)12-3-1-2-4-14(12)24-19(15)23/h1-5,7,11,16H,6,8-9,22H2/t11-,16+,20+/m0/s1. The summed E-state index contributed by atoms with van der Waals surface area (Å²) >= 11 is 0. The summed E-state index contributed by atoms with van der Waals surface area (Å²) in [4.78, 5) is 12.8. The smallest absolute Gasteiger partial charge is 0.343 e. The van der Waals surface area contributed by atoms with Gasteiger partial charge < -0.3 is 14.9 Å². The molecular formula is C20H16N2O3. The zero-order chi connectivity index (χ0) is 17.2. The average Bonchev–Trinajstić information content (AvgIpc) is 3.23. The number of nitriles is 1. The molecule has 0 radical (unpaired) electrons. The van der Waals surface area contributed by atoms with Gasteiger partial charge >= 0.3 is 5.63 Å². The van der Waals surface area contributed by atoms with Crippen molar-refractivity contribution >= 4 is 11.0 Å². The molecule has 5 heteroatoms. The Hall–Kier alpha value is -3.00. The highest BCUT2D eigenvalue weighted by Crippen LogP contribution is 2.60. The van der Waals surface area contributed by atoms with E-state index in [2.05, 4.69) is 18.2 Å². The normalized spacial score (nSPS) is 29.6. The molecule has 0 unspecified atom stereocenters. The van der Waals surface area contributed by atoms with Crippen LogP contribution in [-0.2, 0) is 0 Å². The van der Waals surface area contributed by atoms with Crippen LogP contribution in [0.25, 0.3) is 11.0 Å². The minimum absolute atomic E-state index is 0.0916. The molecule has 5 rings (SSSR count). The third-order valence-electron chi connectivity index (χ3n) is 5.87. The first-order valence-electron chi connectivity index (χ1n) is 8.46. The zero-order valence-electron chi connectivity index (χ0n) is 13.5. The lowest BCUT2D eigenvalue weighted by atomic mass is 9.67. The van der Waals surface area contributed by atoms with Gasteiger partial charge in [-0.3, -0.25) is 0 Å². The van der Waals surface area contributed by atoms with Gasteiger partial charge in [0, 0.05) is 11.3 Å². The molecule has 3 aliphatic rings. The van der Waals surface area contributed by atoms with E-state index in [1.807, 2.05) is 12.1 Å². The molecular weight excluding hydrogens is 316 g/mol. The topological polar surface area (TPSA) is 89.3 Å². The second kappa shape index (κ2) is 4.76. The van der Waals surface area contributed by atoms with E-state index in [0.29, 0.717) is 33.8 Å². The summed E-state index contributed by atoms with van der Waals surface area (Å²) in [6.07, 6.45) is 7.30. The van der Waals surface area contributed by atoms with E-state index in [0.717, 1.165) is 19.3 Å². The maximum Gasteiger partial charge on any atom is 0.343 e. The van der Waals surface area contributed by atoms with Gasteiger partial charge in [0.25, 0.3) is 0 Å². The minimum Gasteiger partial charge on any atom is -0.439 e. The predicted molar refractivity (Wildman–Crippen MR) is 91.6 cm³/mol. The molecule has 5 nitrogen and oxygen atoms in total. The number of hydrogen-bond donors (Lipinski definition) is 1. The number of hydrogen-bond acceptors (Lipinski definition) is 5. The zero-order valence-corrected chi connectivity index (χ0v) is 13.5. The van der Waals surface area contributed by atoms with Crippen molar-refractivity contribution in [2.45, 2.75) is 25.2 Å². The van der Waals surface area contributed by atoms with Gasteiger partial charge in [-0.25, -0.2) is 4.79 Å². The Kier molecular flexibility index (Phi) is 2.73. The third kappa shape index (κ3) is 1.79. The van der Waals surface area contributed by atoms with Crippen molar-refractivity contribution in [1.29, 1.82) is 5.26 Å². The van der Waals surface area contributed by atoms with Crippen molar-refractivity contribution in [2.75, 3.05) is 0 Å². The first-order valence-corrected chi connectivity index (χ1v) is 8.46. The minimum atomic E-state index is -0.447. The molecule has 25 heavy (non-hydrogen) atoms. The van der Waals surface area contributed by atoms with Gasteiger partial charge in [-0.2, -0.15) is 5.26 Å². The first-order chi connectivity index (χ1) is 12.1. The van der Waals surface area contributed by atoms with Crippen molar-refractivity contribution in [3.63, 3.8) is 0 Å². The number of rotatable bonds is 1. The lowest BCUT2D eigenvalue weighted by molar-refractivity contribution is 0.299. The second-order valence-electron chi connectivity index (χ2n) is 7.15. The monoisotopic (exact) mass is 332 g/mol. The molecule has 0 spiro atoms. The Morgan fingerprint density at radius 2 is 2.16 bits per heavy atom. The summed E-state index contributed by atoms with van der Waals surface area (Å²) in [5, 5.41) is 10.4. The van der Waals surface area contributed by atoms with E-state index in [9.17, 15) is 10.1 Å². The SMILES string of the molecule is N#CC1=C(N)Oc2c(c(=O)oc3ccccc23)[C@@H]1[C@]12C=C[C@@H](CC1)C2. The molecule has 3 atom stereocenters. The fourth-order valence-electron chi connectivity index (χ4n) is 4.79. The Balaban J connectivity index is 1.85. The molecule has 1 fully saturated rings. The number of allylic oxidation sites excluding steroid dienone is 3. The van der Waals surface area contributed by atoms with Gasteiger partial charge in [-0.1, -0.05) is 24.3 Å². The molecule has 1 saturated carbocycles. The number of para-hydroxylation sites is 1. The van der Waals surface area contributed by atoms with E-state index in [-0.39, 0.29) is 11.3 Å². The summed E-state index contributed by atoms with van der Waals surface area (Å²) in [5.74, 6) is 0.631. The van der Waals surface area contributed by atoms with Gasteiger partial charge in [0.05, 0.1) is 16.5 Å². The van der Waals surface area contributed by atoms with Crippen molar-refractivity contribution in [3.05, 3.63) is 63.9 Å². The second-order valence-corrected chi connectivity index (χ2v) is 7.15. The van der Waals surface area contributed by atoms with Crippen LogP contribution < -0.4 is 16.1 Å². The van der Waals surface area contributed by atoms with Crippen LogP contribution in [0.2, 0.25) is 0 Å². The highest BCUT2D eigenvalue weighted by atomic mass is 16.5. The van der Waals surface area contributed by atoms with Crippen LogP contribution in [-0.4, -0.2) is 0 Å². The van der Waals surface area contributed by atoms with Crippen molar-refractivity contribution < 1.29 is 9.15 Å². The molecule has 124 valence electrons. The summed E-state index contributed by atoms with van der Waals surface area (Å²) in [6.45, 7) is 0. The fraction of sp³-hybridized carbons (Fsp3) is 0.300. The molecule has 2 bridgehead atoms. The Bertz CT molecular complexity index is 1070. The van der Waals surface area contributed by atoms with E-state index in [4.69, 9.17) is 14.9 Å². The van der Waals surface area contributed by atoms with Gasteiger partial charge in [0.15, 0.2) is 5.75 Å². The molecule has 0 saturated heterocycles. The summed E-state index contributed by atoms with van der Waals surface area (Å²) in [6, 6.07) is 9.43. The van der Waals surface area contributed by atoms with Crippen molar-refractivity contribution in [2.24, 2.45) is 17.1 Å². The van der Waals surface area contributed by atoms with Crippen molar-refractivity contribution in [1.82, 2.24) is 0 Å². The maximum atomic E-state index is 12.8. The quantitative estimate of drug-likeness (QED) is 0.639. The van der Waals surface area contributed by atoms with Gasteiger partial charge in [-0.15, -0.1) is 0 Å². The molecule has 2 aliphatic carbocycles. The lowest BCUT2D eigenvalue weighted by Crippen LogP contribution is -2.34. The number of fused-ring (bicyclic) bond motifs is 5. The highest BCUT2D eigenvalue weighted by molar-refractivity contribution is 5.85. The Morgan fingerprint density at radius 1 is 1.32 bits per heavy atom. The molecule has 2 N–H and O–H groups in total. The maximum absolute atomic E-state index is 12.8. The number of nitrogens with zero attached hydrogens (tertiary/aromatic N) is 1. The Morgan fingerprint density at radius 3 is 2.84 bits per heavy atom. The van der Waals surface area contributed by atoms with Crippen LogP contribution in [0.3, 0.4) is 0 Å². The summed E-state index contributed by atoms with van der Waals surface area (Å²) in [5.41, 5.74) is 6.63. The number of ether oxygens (including phenoxy) is 1. The average molecular weight is 332 g/mol. The summed E-state index contributed by atoms with van der Waals surface area (Å²) < 4.78 is 11.3. The van der Waals surface area contributed by atoms with Crippen LogP contribution in [0, 0.1) is 22.7 Å².